The Balaban J connectivity index is 1.61. The van der Waals surface area contributed by atoms with Gasteiger partial charge in [-0.25, -0.2) is 8.42 Å². The molecule has 6 nitrogen and oxygen atoms in total. The predicted molar refractivity (Wildman–Crippen MR) is 106 cm³/mol. The first kappa shape index (κ1) is 20.3. The number of sulfonamides is 1. The van der Waals surface area contributed by atoms with Crippen LogP contribution < -0.4 is 10.6 Å². The second-order valence-corrected chi connectivity index (χ2v) is 10.3. The van der Waals surface area contributed by atoms with Gasteiger partial charge in [0, 0.05) is 25.2 Å². The Hall–Kier alpha value is -1.44. The number of piperidine rings is 2. The van der Waals surface area contributed by atoms with E-state index in [1.807, 2.05) is 0 Å². The zero-order valence-corrected chi connectivity index (χ0v) is 17.1. The molecule has 2 heterocycles. The van der Waals surface area contributed by atoms with Gasteiger partial charge < -0.3 is 10.6 Å². The number of carbonyl (C=O) groups excluding carboxylic acids is 1. The smallest absolute Gasteiger partial charge is 0.251 e. The molecular weight excluding hydrogens is 362 g/mol. The fraction of sp³-hybridized carbons (Fsp3) is 0.650. The summed E-state index contributed by atoms with van der Waals surface area (Å²) in [6.07, 6.45) is 3.87. The van der Waals surface area contributed by atoms with E-state index in [-0.39, 0.29) is 16.2 Å². The molecule has 7 heteroatoms. The van der Waals surface area contributed by atoms with Crippen LogP contribution in [-0.2, 0) is 10.0 Å². The van der Waals surface area contributed by atoms with Crippen molar-refractivity contribution in [3.05, 3.63) is 29.8 Å². The maximum absolute atomic E-state index is 12.8. The van der Waals surface area contributed by atoms with Crippen LogP contribution in [0.1, 0.15) is 49.9 Å². The first-order chi connectivity index (χ1) is 12.8. The number of carbonyl (C=O) groups is 1. The highest BCUT2D eigenvalue weighted by atomic mass is 32.2. The van der Waals surface area contributed by atoms with Gasteiger partial charge in [0.25, 0.3) is 5.91 Å². The summed E-state index contributed by atoms with van der Waals surface area (Å²) in [5.41, 5.74) is 0.619. The van der Waals surface area contributed by atoms with E-state index in [0.29, 0.717) is 31.1 Å². The van der Waals surface area contributed by atoms with Crippen LogP contribution in [0.25, 0.3) is 0 Å². The Morgan fingerprint density at radius 1 is 1.19 bits per heavy atom. The fourth-order valence-electron chi connectivity index (χ4n) is 3.76. The lowest BCUT2D eigenvalue weighted by molar-refractivity contribution is 0.0922. The van der Waals surface area contributed by atoms with Gasteiger partial charge in [0.1, 0.15) is 0 Å². The lowest BCUT2D eigenvalue weighted by atomic mass is 9.81. The number of hydrogen-bond acceptors (Lipinski definition) is 4. The topological polar surface area (TPSA) is 78.5 Å². The molecule has 1 aromatic rings. The summed E-state index contributed by atoms with van der Waals surface area (Å²) in [6.45, 7) is 8.09. The average Bonchev–Trinajstić information content (AvgIpc) is 2.67. The minimum Gasteiger partial charge on any atom is -0.351 e. The van der Waals surface area contributed by atoms with Gasteiger partial charge in [-0.3, -0.25) is 4.79 Å². The maximum atomic E-state index is 12.8. The molecule has 0 atom stereocenters. The van der Waals surface area contributed by atoms with E-state index in [2.05, 4.69) is 24.5 Å². The molecule has 27 heavy (non-hydrogen) atoms. The van der Waals surface area contributed by atoms with Crippen LogP contribution in [0.15, 0.2) is 29.2 Å². The molecule has 0 unspecified atom stereocenters. The maximum Gasteiger partial charge on any atom is 0.251 e. The SMILES string of the molecule is CC1CCN(S(=O)(=O)c2ccc(C(=O)NCC3(C)CCNCC3)cc2)CC1. The number of benzene rings is 1. The summed E-state index contributed by atoms with van der Waals surface area (Å²) in [7, 11) is -3.47. The van der Waals surface area contributed by atoms with E-state index >= 15 is 0 Å². The highest BCUT2D eigenvalue weighted by Crippen LogP contribution is 2.27. The molecule has 2 aliphatic heterocycles. The Morgan fingerprint density at radius 2 is 1.78 bits per heavy atom. The zero-order valence-electron chi connectivity index (χ0n) is 16.3. The van der Waals surface area contributed by atoms with E-state index in [0.717, 1.165) is 38.8 Å². The number of rotatable bonds is 5. The van der Waals surface area contributed by atoms with Crippen molar-refractivity contribution < 1.29 is 13.2 Å². The van der Waals surface area contributed by atoms with Crippen LogP contribution in [0.4, 0.5) is 0 Å². The molecule has 0 bridgehead atoms. The van der Waals surface area contributed by atoms with Gasteiger partial charge in [-0.15, -0.1) is 0 Å². The van der Waals surface area contributed by atoms with Gasteiger partial charge in [-0.1, -0.05) is 13.8 Å². The molecular formula is C20H31N3O3S. The van der Waals surface area contributed by atoms with E-state index in [4.69, 9.17) is 0 Å². The van der Waals surface area contributed by atoms with Crippen molar-refractivity contribution in [3.8, 4) is 0 Å². The monoisotopic (exact) mass is 393 g/mol. The Labute approximate surface area is 162 Å². The Bertz CT molecular complexity index is 747. The van der Waals surface area contributed by atoms with Crippen molar-refractivity contribution in [2.75, 3.05) is 32.7 Å². The molecule has 2 aliphatic rings. The van der Waals surface area contributed by atoms with Gasteiger partial charge in [0.05, 0.1) is 4.90 Å². The molecule has 1 amide bonds. The Morgan fingerprint density at radius 3 is 2.37 bits per heavy atom. The van der Waals surface area contributed by atoms with Crippen LogP contribution in [-0.4, -0.2) is 51.4 Å². The van der Waals surface area contributed by atoms with E-state index < -0.39 is 10.0 Å². The number of hydrogen-bond donors (Lipinski definition) is 2. The summed E-state index contributed by atoms with van der Waals surface area (Å²) in [6, 6.07) is 6.32. The standard InChI is InChI=1S/C20H31N3O3S/c1-16-7-13-23(14-8-16)27(25,26)18-5-3-17(4-6-18)19(24)22-15-20(2)9-11-21-12-10-20/h3-6,16,21H,7-15H2,1-2H3,(H,22,24). The van der Waals surface area contributed by atoms with Crippen LogP contribution in [0.3, 0.4) is 0 Å². The second-order valence-electron chi connectivity index (χ2n) is 8.35. The third kappa shape index (κ3) is 4.89. The summed E-state index contributed by atoms with van der Waals surface area (Å²) < 4.78 is 27.1. The first-order valence-electron chi connectivity index (χ1n) is 9.89. The van der Waals surface area contributed by atoms with E-state index in [9.17, 15) is 13.2 Å². The number of amides is 1. The normalized spacial score (nSPS) is 21.7. The van der Waals surface area contributed by atoms with Crippen LogP contribution in [0.5, 0.6) is 0 Å². The summed E-state index contributed by atoms with van der Waals surface area (Å²) >= 11 is 0. The van der Waals surface area contributed by atoms with Gasteiger partial charge in [0.2, 0.25) is 10.0 Å². The van der Waals surface area contributed by atoms with E-state index in [1.54, 1.807) is 28.6 Å². The Kier molecular flexibility index (Phi) is 6.23. The van der Waals surface area contributed by atoms with Crippen molar-refractivity contribution in [2.24, 2.45) is 11.3 Å². The number of nitrogens with one attached hydrogen (secondary N) is 2. The molecule has 0 aromatic heterocycles. The quantitative estimate of drug-likeness (QED) is 0.804. The van der Waals surface area contributed by atoms with Crippen molar-refractivity contribution >= 4 is 15.9 Å². The van der Waals surface area contributed by atoms with Crippen molar-refractivity contribution in [3.63, 3.8) is 0 Å². The molecule has 3 rings (SSSR count). The zero-order chi connectivity index (χ0) is 19.5. The first-order valence-corrected chi connectivity index (χ1v) is 11.3. The van der Waals surface area contributed by atoms with Gasteiger partial charge >= 0.3 is 0 Å². The minimum absolute atomic E-state index is 0.121. The molecule has 0 radical (unpaired) electrons. The summed E-state index contributed by atoms with van der Waals surface area (Å²) in [4.78, 5) is 12.7. The largest absolute Gasteiger partial charge is 0.351 e. The molecule has 2 fully saturated rings. The fourth-order valence-corrected chi connectivity index (χ4v) is 5.23. The van der Waals surface area contributed by atoms with Crippen molar-refractivity contribution in [1.29, 1.82) is 0 Å². The van der Waals surface area contributed by atoms with Crippen molar-refractivity contribution in [2.45, 2.75) is 44.4 Å². The molecule has 2 saturated heterocycles. The highest BCUT2D eigenvalue weighted by molar-refractivity contribution is 7.89. The molecule has 150 valence electrons. The van der Waals surface area contributed by atoms with Crippen LogP contribution >= 0.6 is 0 Å². The van der Waals surface area contributed by atoms with Gasteiger partial charge in [-0.05, 0) is 74.4 Å². The third-order valence-corrected chi connectivity index (χ3v) is 7.90. The lowest BCUT2D eigenvalue weighted by Gasteiger charge is -2.34. The summed E-state index contributed by atoms with van der Waals surface area (Å²) in [5, 5.41) is 6.34. The lowest BCUT2D eigenvalue weighted by Crippen LogP contribution is -2.42. The van der Waals surface area contributed by atoms with Crippen LogP contribution in [0.2, 0.25) is 0 Å². The predicted octanol–water partition coefficient (Wildman–Crippen LogP) is 2.23. The van der Waals surface area contributed by atoms with E-state index in [1.165, 1.54) is 0 Å². The third-order valence-electron chi connectivity index (χ3n) is 5.98. The molecule has 1 aromatic carbocycles. The van der Waals surface area contributed by atoms with Gasteiger partial charge in [-0.2, -0.15) is 4.31 Å². The molecule has 0 saturated carbocycles. The van der Waals surface area contributed by atoms with Gasteiger partial charge in [0.15, 0.2) is 0 Å². The minimum atomic E-state index is -3.47. The van der Waals surface area contributed by atoms with Crippen molar-refractivity contribution in [1.82, 2.24) is 14.9 Å². The molecule has 0 aliphatic carbocycles. The second kappa shape index (κ2) is 8.29. The molecule has 0 spiro atoms. The highest BCUT2D eigenvalue weighted by Gasteiger charge is 2.29. The molecule has 2 N–H and O–H groups in total. The number of nitrogens with zero attached hydrogens (tertiary/aromatic N) is 1. The average molecular weight is 394 g/mol. The van der Waals surface area contributed by atoms with Crippen LogP contribution in [0, 0.1) is 11.3 Å². The summed E-state index contributed by atoms with van der Waals surface area (Å²) in [5.74, 6) is 0.426.